The predicted octanol–water partition coefficient (Wildman–Crippen LogP) is 4.33. The van der Waals surface area contributed by atoms with E-state index >= 15 is 0 Å². The van der Waals surface area contributed by atoms with Crippen LogP contribution in [-0.2, 0) is 13.1 Å². The van der Waals surface area contributed by atoms with Crippen LogP contribution in [0.25, 0.3) is 11.5 Å². The Bertz CT molecular complexity index is 689. The van der Waals surface area contributed by atoms with Crippen molar-refractivity contribution in [1.29, 1.82) is 0 Å². The van der Waals surface area contributed by atoms with Gasteiger partial charge in [-0.05, 0) is 43.4 Å². The van der Waals surface area contributed by atoms with Crippen LogP contribution in [0.15, 0.2) is 62.2 Å². The van der Waals surface area contributed by atoms with Crippen molar-refractivity contribution in [3.05, 3.63) is 64.9 Å². The molecule has 0 fully saturated rings. The van der Waals surface area contributed by atoms with Gasteiger partial charge >= 0.3 is 0 Å². The van der Waals surface area contributed by atoms with Crippen molar-refractivity contribution in [2.45, 2.75) is 13.1 Å². The van der Waals surface area contributed by atoms with Gasteiger partial charge in [0.1, 0.15) is 12.0 Å². The number of hydrogen-bond donors (Lipinski definition) is 0. The zero-order valence-corrected chi connectivity index (χ0v) is 13.2. The molecule has 0 spiro atoms. The second kappa shape index (κ2) is 6.28. The normalized spacial score (nSPS) is 11.2. The standard InChI is InChI=1S/C16H15BrN2O2/c1-19(10-15-3-2-8-20-15)9-14-11-21-16(18-14)12-4-6-13(17)7-5-12/h2-8,11H,9-10H2,1H3. The number of rotatable bonds is 5. The summed E-state index contributed by atoms with van der Waals surface area (Å²) in [6.45, 7) is 1.45. The van der Waals surface area contributed by atoms with Crippen LogP contribution in [0.5, 0.6) is 0 Å². The van der Waals surface area contributed by atoms with Crippen LogP contribution in [0.2, 0.25) is 0 Å². The lowest BCUT2D eigenvalue weighted by atomic mass is 10.2. The van der Waals surface area contributed by atoms with Gasteiger partial charge in [-0.2, -0.15) is 0 Å². The Morgan fingerprint density at radius 1 is 1.10 bits per heavy atom. The summed E-state index contributed by atoms with van der Waals surface area (Å²) in [6.07, 6.45) is 3.39. The van der Waals surface area contributed by atoms with Gasteiger partial charge in [-0.15, -0.1) is 0 Å². The molecule has 5 heteroatoms. The summed E-state index contributed by atoms with van der Waals surface area (Å²) in [5, 5.41) is 0. The maximum absolute atomic E-state index is 5.55. The number of benzene rings is 1. The SMILES string of the molecule is CN(Cc1coc(-c2ccc(Br)cc2)n1)Cc1ccco1. The van der Waals surface area contributed by atoms with Gasteiger partial charge in [0.15, 0.2) is 0 Å². The molecule has 0 saturated heterocycles. The van der Waals surface area contributed by atoms with Gasteiger partial charge in [-0.1, -0.05) is 15.9 Å². The van der Waals surface area contributed by atoms with Gasteiger partial charge in [0.05, 0.1) is 18.5 Å². The third kappa shape index (κ3) is 3.62. The molecule has 108 valence electrons. The minimum Gasteiger partial charge on any atom is -0.468 e. The molecule has 0 aliphatic rings. The maximum atomic E-state index is 5.55. The number of halogens is 1. The predicted molar refractivity (Wildman–Crippen MR) is 83.5 cm³/mol. The molecule has 0 bridgehead atoms. The molecule has 0 amide bonds. The minimum absolute atomic E-state index is 0.642. The van der Waals surface area contributed by atoms with Crippen LogP contribution in [0, 0.1) is 0 Å². The first-order valence-electron chi connectivity index (χ1n) is 6.62. The summed E-state index contributed by atoms with van der Waals surface area (Å²) in [7, 11) is 2.02. The smallest absolute Gasteiger partial charge is 0.226 e. The van der Waals surface area contributed by atoms with Crippen molar-refractivity contribution in [3.8, 4) is 11.5 Å². The number of furan rings is 1. The lowest BCUT2D eigenvalue weighted by Gasteiger charge is -2.12. The van der Waals surface area contributed by atoms with Crippen LogP contribution in [-0.4, -0.2) is 16.9 Å². The molecule has 0 aliphatic carbocycles. The van der Waals surface area contributed by atoms with Gasteiger partial charge in [0.25, 0.3) is 0 Å². The van der Waals surface area contributed by atoms with E-state index in [-0.39, 0.29) is 0 Å². The monoisotopic (exact) mass is 346 g/mol. The van der Waals surface area contributed by atoms with Gasteiger partial charge in [-0.25, -0.2) is 4.98 Å². The van der Waals surface area contributed by atoms with Crippen LogP contribution >= 0.6 is 15.9 Å². The van der Waals surface area contributed by atoms with Crippen LogP contribution in [0.4, 0.5) is 0 Å². The van der Waals surface area contributed by atoms with Gasteiger partial charge in [-0.3, -0.25) is 4.90 Å². The third-order valence-corrected chi connectivity index (χ3v) is 3.61. The Balaban J connectivity index is 1.66. The zero-order chi connectivity index (χ0) is 14.7. The van der Waals surface area contributed by atoms with E-state index < -0.39 is 0 Å². The average molecular weight is 347 g/mol. The van der Waals surface area contributed by atoms with Crippen molar-refractivity contribution >= 4 is 15.9 Å². The van der Waals surface area contributed by atoms with Crippen LogP contribution in [0.1, 0.15) is 11.5 Å². The molecule has 0 aliphatic heterocycles. The maximum Gasteiger partial charge on any atom is 0.226 e. The van der Waals surface area contributed by atoms with Gasteiger partial charge in [0, 0.05) is 16.6 Å². The molecule has 3 rings (SSSR count). The summed E-state index contributed by atoms with van der Waals surface area (Å²) < 4.78 is 11.9. The Kier molecular flexibility index (Phi) is 4.22. The second-order valence-corrected chi connectivity index (χ2v) is 5.82. The van der Waals surface area contributed by atoms with Crippen molar-refractivity contribution in [2.75, 3.05) is 7.05 Å². The van der Waals surface area contributed by atoms with E-state index in [4.69, 9.17) is 8.83 Å². The molecule has 0 unspecified atom stereocenters. The number of nitrogens with zero attached hydrogens (tertiary/aromatic N) is 2. The van der Waals surface area contributed by atoms with E-state index in [1.807, 2.05) is 43.4 Å². The molecule has 1 aromatic carbocycles. The van der Waals surface area contributed by atoms with E-state index in [9.17, 15) is 0 Å². The fourth-order valence-corrected chi connectivity index (χ4v) is 2.37. The third-order valence-electron chi connectivity index (χ3n) is 3.08. The summed E-state index contributed by atoms with van der Waals surface area (Å²) in [5.41, 5.74) is 1.88. The molecule has 4 nitrogen and oxygen atoms in total. The average Bonchev–Trinajstić information content (AvgIpc) is 3.11. The molecule has 0 N–H and O–H groups in total. The summed E-state index contributed by atoms with van der Waals surface area (Å²) in [4.78, 5) is 6.65. The molecule has 3 aromatic rings. The van der Waals surface area contributed by atoms with Crippen molar-refractivity contribution in [2.24, 2.45) is 0 Å². The van der Waals surface area contributed by atoms with E-state index in [1.165, 1.54) is 0 Å². The first-order valence-corrected chi connectivity index (χ1v) is 7.41. The molecule has 0 radical (unpaired) electrons. The minimum atomic E-state index is 0.642. The number of oxazole rings is 1. The highest BCUT2D eigenvalue weighted by atomic mass is 79.9. The molecule has 0 atom stereocenters. The molecule has 21 heavy (non-hydrogen) atoms. The molecular formula is C16H15BrN2O2. The Morgan fingerprint density at radius 3 is 2.62 bits per heavy atom. The second-order valence-electron chi connectivity index (χ2n) is 4.90. The quantitative estimate of drug-likeness (QED) is 0.689. The molecular weight excluding hydrogens is 332 g/mol. The van der Waals surface area contributed by atoms with E-state index in [0.29, 0.717) is 12.4 Å². The number of aromatic nitrogens is 1. The van der Waals surface area contributed by atoms with Crippen molar-refractivity contribution in [1.82, 2.24) is 9.88 Å². The van der Waals surface area contributed by atoms with E-state index in [1.54, 1.807) is 12.5 Å². The Hall–Kier alpha value is -1.85. The molecule has 2 heterocycles. The molecule has 0 saturated carbocycles. The van der Waals surface area contributed by atoms with Crippen molar-refractivity contribution < 1.29 is 8.83 Å². The number of hydrogen-bond acceptors (Lipinski definition) is 4. The topological polar surface area (TPSA) is 42.4 Å². The first kappa shape index (κ1) is 14.1. The summed E-state index contributed by atoms with van der Waals surface area (Å²) in [6, 6.07) is 11.8. The molecule has 2 aromatic heterocycles. The van der Waals surface area contributed by atoms with E-state index in [2.05, 4.69) is 25.8 Å². The summed E-state index contributed by atoms with van der Waals surface area (Å²) >= 11 is 3.42. The lowest BCUT2D eigenvalue weighted by molar-refractivity contribution is 0.284. The Morgan fingerprint density at radius 2 is 1.90 bits per heavy atom. The van der Waals surface area contributed by atoms with Gasteiger partial charge < -0.3 is 8.83 Å². The first-order chi connectivity index (χ1) is 10.2. The highest BCUT2D eigenvalue weighted by Crippen LogP contribution is 2.21. The van der Waals surface area contributed by atoms with Crippen LogP contribution < -0.4 is 0 Å². The largest absolute Gasteiger partial charge is 0.468 e. The van der Waals surface area contributed by atoms with Gasteiger partial charge in [0.2, 0.25) is 5.89 Å². The fraction of sp³-hybridized carbons (Fsp3) is 0.188. The lowest BCUT2D eigenvalue weighted by Crippen LogP contribution is -2.17. The Labute approximate surface area is 131 Å². The van der Waals surface area contributed by atoms with Crippen molar-refractivity contribution in [3.63, 3.8) is 0 Å². The summed E-state index contributed by atoms with van der Waals surface area (Å²) in [5.74, 6) is 1.58. The highest BCUT2D eigenvalue weighted by molar-refractivity contribution is 9.10. The fourth-order valence-electron chi connectivity index (χ4n) is 2.11. The van der Waals surface area contributed by atoms with E-state index in [0.717, 1.165) is 28.0 Å². The highest BCUT2D eigenvalue weighted by Gasteiger charge is 2.10. The zero-order valence-electron chi connectivity index (χ0n) is 11.6. The van der Waals surface area contributed by atoms with Crippen LogP contribution in [0.3, 0.4) is 0 Å².